The fourth-order valence-corrected chi connectivity index (χ4v) is 5.71. The van der Waals surface area contributed by atoms with Crippen molar-refractivity contribution in [2.75, 3.05) is 12.4 Å². The molecule has 0 spiro atoms. The lowest BCUT2D eigenvalue weighted by atomic mass is 10.0. The van der Waals surface area contributed by atoms with Crippen LogP contribution in [0.25, 0.3) is 27.2 Å². The molecule has 2 aromatic heterocycles. The van der Waals surface area contributed by atoms with Gasteiger partial charge in [-0.05, 0) is 61.9 Å². The van der Waals surface area contributed by atoms with E-state index < -0.39 is 0 Å². The first kappa shape index (κ1) is 22.8. The van der Waals surface area contributed by atoms with Crippen LogP contribution in [0.4, 0.5) is 5.69 Å². The van der Waals surface area contributed by atoms with E-state index in [9.17, 15) is 4.79 Å². The van der Waals surface area contributed by atoms with Crippen LogP contribution in [0.3, 0.4) is 0 Å². The maximum absolute atomic E-state index is 13.2. The summed E-state index contributed by atoms with van der Waals surface area (Å²) < 4.78 is 8.26. The Balaban J connectivity index is 1.30. The van der Waals surface area contributed by atoms with E-state index in [-0.39, 0.29) is 17.7 Å². The molecule has 180 valence electrons. The standard InChI is InChI=1S/C28H23ClN4O2S/c1-16-30-24-10-9-18(13-26(24)36-16)31-28(34)21-14-20(21)22-15-33(19-6-4-3-5-7-19)32-27(22)17-8-11-25(35-2)23(29)12-17/h3-13,15,20-21H,14H2,1-2H3,(H,31,34). The third-order valence-corrected chi connectivity index (χ3v) is 7.71. The van der Waals surface area contributed by atoms with Crippen LogP contribution in [0.2, 0.25) is 5.02 Å². The number of para-hydroxylation sites is 1. The molecule has 6 nitrogen and oxygen atoms in total. The first-order valence-electron chi connectivity index (χ1n) is 11.7. The zero-order valence-corrected chi connectivity index (χ0v) is 21.3. The number of carbonyl (C=O) groups is 1. The molecule has 0 aliphatic heterocycles. The predicted octanol–water partition coefficient (Wildman–Crippen LogP) is 6.86. The fourth-order valence-electron chi connectivity index (χ4n) is 4.59. The number of amides is 1. The largest absolute Gasteiger partial charge is 0.495 e. The third-order valence-electron chi connectivity index (χ3n) is 6.48. The molecule has 1 aliphatic carbocycles. The summed E-state index contributed by atoms with van der Waals surface area (Å²) in [5.41, 5.74) is 5.46. The Labute approximate surface area is 217 Å². The predicted molar refractivity (Wildman–Crippen MR) is 144 cm³/mol. The number of methoxy groups -OCH3 is 1. The van der Waals surface area contributed by atoms with E-state index in [0.717, 1.165) is 49.8 Å². The van der Waals surface area contributed by atoms with Crippen LogP contribution in [0.5, 0.6) is 5.75 Å². The van der Waals surface area contributed by atoms with Crippen LogP contribution in [-0.2, 0) is 4.79 Å². The minimum absolute atomic E-state index is 0.0201. The topological polar surface area (TPSA) is 69.0 Å². The highest BCUT2D eigenvalue weighted by atomic mass is 35.5. The van der Waals surface area contributed by atoms with Crippen molar-refractivity contribution in [1.29, 1.82) is 0 Å². The van der Waals surface area contributed by atoms with Gasteiger partial charge in [-0.1, -0.05) is 29.8 Å². The number of nitrogens with zero attached hydrogens (tertiary/aromatic N) is 3. The van der Waals surface area contributed by atoms with Gasteiger partial charge in [0.25, 0.3) is 0 Å². The molecule has 2 heterocycles. The second-order valence-corrected chi connectivity index (χ2v) is 10.6. The summed E-state index contributed by atoms with van der Waals surface area (Å²) in [4.78, 5) is 17.7. The number of ether oxygens (including phenoxy) is 1. The lowest BCUT2D eigenvalue weighted by Crippen LogP contribution is -2.14. The number of aromatic nitrogens is 3. The van der Waals surface area contributed by atoms with Crippen molar-refractivity contribution in [3.63, 3.8) is 0 Å². The number of anilines is 1. The first-order chi connectivity index (χ1) is 17.5. The van der Waals surface area contributed by atoms with Gasteiger partial charge in [0.2, 0.25) is 5.91 Å². The average molecular weight is 515 g/mol. The zero-order valence-electron chi connectivity index (χ0n) is 19.7. The Morgan fingerprint density at radius 3 is 2.75 bits per heavy atom. The molecule has 6 rings (SSSR count). The fraction of sp³-hybridized carbons (Fsp3) is 0.179. The molecule has 1 N–H and O–H groups in total. The number of nitrogens with one attached hydrogen (secondary N) is 1. The first-order valence-corrected chi connectivity index (χ1v) is 12.9. The molecule has 1 saturated carbocycles. The molecule has 5 aromatic rings. The number of thiazole rings is 1. The summed E-state index contributed by atoms with van der Waals surface area (Å²) >= 11 is 8.06. The van der Waals surface area contributed by atoms with Gasteiger partial charge in [0.15, 0.2) is 0 Å². The van der Waals surface area contributed by atoms with Crippen molar-refractivity contribution in [2.45, 2.75) is 19.3 Å². The number of rotatable bonds is 6. The summed E-state index contributed by atoms with van der Waals surface area (Å²) in [6, 6.07) is 21.5. The molecule has 8 heteroatoms. The molecule has 2 unspecified atom stereocenters. The van der Waals surface area contributed by atoms with Crippen molar-refractivity contribution in [2.24, 2.45) is 5.92 Å². The molecule has 0 bridgehead atoms. The number of aryl methyl sites for hydroxylation is 1. The van der Waals surface area contributed by atoms with Crippen LogP contribution in [0, 0.1) is 12.8 Å². The number of halogens is 1. The van der Waals surface area contributed by atoms with Gasteiger partial charge in [0.05, 0.1) is 38.7 Å². The summed E-state index contributed by atoms with van der Waals surface area (Å²) in [6.07, 6.45) is 2.80. The van der Waals surface area contributed by atoms with Crippen molar-refractivity contribution < 1.29 is 9.53 Å². The van der Waals surface area contributed by atoms with Crippen LogP contribution < -0.4 is 10.1 Å². The molecule has 0 saturated heterocycles. The molecule has 36 heavy (non-hydrogen) atoms. The third kappa shape index (κ3) is 4.25. The Hall–Kier alpha value is -3.68. The molecule has 3 aromatic carbocycles. The quantitative estimate of drug-likeness (QED) is 0.268. The monoisotopic (exact) mass is 514 g/mol. The minimum Gasteiger partial charge on any atom is -0.495 e. The molecule has 0 radical (unpaired) electrons. The molecule has 1 fully saturated rings. The number of carbonyl (C=O) groups excluding carboxylic acids is 1. The Morgan fingerprint density at radius 1 is 1.14 bits per heavy atom. The lowest BCUT2D eigenvalue weighted by molar-refractivity contribution is -0.117. The van der Waals surface area contributed by atoms with Gasteiger partial charge in [0, 0.05) is 34.8 Å². The smallest absolute Gasteiger partial charge is 0.228 e. The number of benzene rings is 3. The van der Waals surface area contributed by atoms with Gasteiger partial charge in [-0.15, -0.1) is 11.3 Å². The average Bonchev–Trinajstić information content (AvgIpc) is 3.41. The number of fused-ring (bicyclic) bond motifs is 1. The van der Waals surface area contributed by atoms with E-state index in [2.05, 4.69) is 10.3 Å². The van der Waals surface area contributed by atoms with Gasteiger partial charge in [-0.25, -0.2) is 9.67 Å². The van der Waals surface area contributed by atoms with Crippen LogP contribution in [0.1, 0.15) is 22.9 Å². The molecule has 1 amide bonds. The number of hydrogen-bond donors (Lipinski definition) is 1. The van der Waals surface area contributed by atoms with E-state index >= 15 is 0 Å². The Morgan fingerprint density at radius 2 is 1.97 bits per heavy atom. The molecular weight excluding hydrogens is 492 g/mol. The van der Waals surface area contributed by atoms with Crippen molar-refractivity contribution in [1.82, 2.24) is 14.8 Å². The van der Waals surface area contributed by atoms with Gasteiger partial charge in [-0.2, -0.15) is 5.10 Å². The summed E-state index contributed by atoms with van der Waals surface area (Å²) in [5, 5.41) is 9.54. The van der Waals surface area contributed by atoms with E-state index in [4.69, 9.17) is 21.4 Å². The molecule has 1 aliphatic rings. The lowest BCUT2D eigenvalue weighted by Gasteiger charge is -2.07. The Kier molecular flexibility index (Phi) is 5.74. The Bertz CT molecular complexity index is 1590. The van der Waals surface area contributed by atoms with Crippen molar-refractivity contribution in [3.05, 3.63) is 88.5 Å². The second kappa shape index (κ2) is 9.08. The van der Waals surface area contributed by atoms with Gasteiger partial charge >= 0.3 is 0 Å². The maximum Gasteiger partial charge on any atom is 0.228 e. The minimum atomic E-state index is -0.121. The van der Waals surface area contributed by atoms with Crippen LogP contribution >= 0.6 is 22.9 Å². The highest BCUT2D eigenvalue weighted by Crippen LogP contribution is 2.51. The van der Waals surface area contributed by atoms with Gasteiger partial charge in [-0.3, -0.25) is 4.79 Å². The highest BCUT2D eigenvalue weighted by Gasteiger charge is 2.46. The summed E-state index contributed by atoms with van der Waals surface area (Å²) in [7, 11) is 1.59. The summed E-state index contributed by atoms with van der Waals surface area (Å²) in [6.45, 7) is 1.99. The SMILES string of the molecule is COc1ccc(-c2nn(-c3ccccc3)cc2C2CC2C(=O)Nc2ccc3nc(C)sc3c2)cc1Cl. The highest BCUT2D eigenvalue weighted by molar-refractivity contribution is 7.18. The van der Waals surface area contributed by atoms with E-state index in [1.807, 2.05) is 84.5 Å². The van der Waals surface area contributed by atoms with Crippen LogP contribution in [-0.4, -0.2) is 27.8 Å². The van der Waals surface area contributed by atoms with Crippen molar-refractivity contribution in [3.8, 4) is 22.7 Å². The number of hydrogen-bond acceptors (Lipinski definition) is 5. The van der Waals surface area contributed by atoms with Crippen molar-refractivity contribution >= 4 is 44.7 Å². The normalized spacial score (nSPS) is 16.8. The van der Waals surface area contributed by atoms with E-state index in [1.165, 1.54) is 0 Å². The maximum atomic E-state index is 13.2. The summed E-state index contributed by atoms with van der Waals surface area (Å²) in [5.74, 6) is 0.588. The van der Waals surface area contributed by atoms with E-state index in [1.54, 1.807) is 18.4 Å². The molecule has 2 atom stereocenters. The zero-order chi connectivity index (χ0) is 24.8. The van der Waals surface area contributed by atoms with Gasteiger partial charge in [0.1, 0.15) is 5.75 Å². The van der Waals surface area contributed by atoms with Gasteiger partial charge < -0.3 is 10.1 Å². The second-order valence-electron chi connectivity index (χ2n) is 8.92. The van der Waals surface area contributed by atoms with Crippen LogP contribution in [0.15, 0.2) is 72.9 Å². The van der Waals surface area contributed by atoms with E-state index in [0.29, 0.717) is 10.8 Å². The molecular formula is C28H23ClN4O2S.